The predicted molar refractivity (Wildman–Crippen MR) is 137 cm³/mol. The molecule has 0 fully saturated rings. The molecular formula is C30H32N2O. The van der Waals surface area contributed by atoms with Crippen molar-refractivity contribution in [1.29, 1.82) is 0 Å². The molecule has 0 aliphatic carbocycles. The predicted octanol–water partition coefficient (Wildman–Crippen LogP) is 7.55. The van der Waals surface area contributed by atoms with Gasteiger partial charge in [0.15, 0.2) is 0 Å². The Labute approximate surface area is 196 Å². The van der Waals surface area contributed by atoms with E-state index < -0.39 is 0 Å². The largest absolute Gasteiger partial charge is 0.488 e. The summed E-state index contributed by atoms with van der Waals surface area (Å²) in [7, 11) is 0. The van der Waals surface area contributed by atoms with Crippen molar-refractivity contribution in [2.75, 3.05) is 0 Å². The van der Waals surface area contributed by atoms with Crippen LogP contribution in [-0.2, 0) is 19.6 Å². The molecule has 0 saturated carbocycles. The highest BCUT2D eigenvalue weighted by Crippen LogP contribution is 2.39. The number of para-hydroxylation sites is 3. The number of nitrogens with zero attached hydrogens (tertiary/aromatic N) is 2. The van der Waals surface area contributed by atoms with Crippen LogP contribution in [0.15, 0.2) is 72.3 Å². The van der Waals surface area contributed by atoms with Gasteiger partial charge in [-0.2, -0.15) is 0 Å². The van der Waals surface area contributed by atoms with Crippen LogP contribution in [0.3, 0.4) is 0 Å². The van der Waals surface area contributed by atoms with E-state index in [1.807, 2.05) is 0 Å². The maximum atomic E-state index is 6.30. The van der Waals surface area contributed by atoms with Gasteiger partial charge in [-0.15, -0.1) is 0 Å². The molecule has 33 heavy (non-hydrogen) atoms. The summed E-state index contributed by atoms with van der Waals surface area (Å²) in [5.74, 6) is 2.14. The number of fused-ring (bicyclic) bond motifs is 3. The lowest BCUT2D eigenvalue weighted by Crippen LogP contribution is -2.06. The molecule has 3 aromatic carbocycles. The second-order valence-electron chi connectivity index (χ2n) is 9.03. The molecule has 168 valence electrons. The monoisotopic (exact) mass is 436 g/mol. The molecular weight excluding hydrogens is 404 g/mol. The van der Waals surface area contributed by atoms with E-state index >= 15 is 0 Å². The highest BCUT2D eigenvalue weighted by Gasteiger charge is 2.21. The van der Waals surface area contributed by atoms with Crippen molar-refractivity contribution >= 4 is 16.6 Å². The van der Waals surface area contributed by atoms with E-state index in [0.29, 0.717) is 6.61 Å². The summed E-state index contributed by atoms with van der Waals surface area (Å²) in [6, 6.07) is 23.9. The molecule has 1 aliphatic heterocycles. The first-order chi connectivity index (χ1) is 16.2. The van der Waals surface area contributed by atoms with Gasteiger partial charge in [0.1, 0.15) is 18.2 Å². The molecule has 0 bridgehead atoms. The Balaban J connectivity index is 1.58. The van der Waals surface area contributed by atoms with Gasteiger partial charge in [0.2, 0.25) is 0 Å². The van der Waals surface area contributed by atoms with Crippen molar-refractivity contribution in [3.8, 4) is 5.75 Å². The van der Waals surface area contributed by atoms with Crippen LogP contribution < -0.4 is 4.74 Å². The average molecular weight is 437 g/mol. The fourth-order valence-corrected chi connectivity index (χ4v) is 5.07. The number of benzene rings is 3. The summed E-state index contributed by atoms with van der Waals surface area (Å²) in [4.78, 5) is 4.91. The van der Waals surface area contributed by atoms with Gasteiger partial charge in [-0.25, -0.2) is 4.98 Å². The van der Waals surface area contributed by atoms with Crippen molar-refractivity contribution in [2.24, 2.45) is 0 Å². The molecule has 0 N–H and O–H groups in total. The molecule has 0 unspecified atom stereocenters. The molecule has 0 atom stereocenters. The highest BCUT2D eigenvalue weighted by molar-refractivity contribution is 5.87. The van der Waals surface area contributed by atoms with Crippen LogP contribution in [0.2, 0.25) is 0 Å². The van der Waals surface area contributed by atoms with Crippen LogP contribution in [0.25, 0.3) is 16.6 Å². The molecule has 0 spiro atoms. The lowest BCUT2D eigenvalue weighted by Gasteiger charge is -2.16. The number of aromatic nitrogens is 2. The second kappa shape index (κ2) is 9.27. The average Bonchev–Trinajstić information content (AvgIpc) is 3.07. The second-order valence-corrected chi connectivity index (χ2v) is 9.03. The van der Waals surface area contributed by atoms with Gasteiger partial charge in [-0.1, -0.05) is 68.3 Å². The molecule has 1 aromatic heterocycles. The third-order valence-corrected chi connectivity index (χ3v) is 6.58. The van der Waals surface area contributed by atoms with Crippen molar-refractivity contribution in [3.05, 3.63) is 100 Å². The fourth-order valence-electron chi connectivity index (χ4n) is 5.07. The molecule has 0 radical (unpaired) electrons. The van der Waals surface area contributed by atoms with E-state index in [4.69, 9.17) is 9.72 Å². The molecule has 3 heteroatoms. The Morgan fingerprint density at radius 3 is 2.61 bits per heavy atom. The highest BCUT2D eigenvalue weighted by atomic mass is 16.5. The van der Waals surface area contributed by atoms with E-state index in [1.54, 1.807) is 0 Å². The first-order valence-corrected chi connectivity index (χ1v) is 12.2. The minimum atomic E-state index is 0.593. The van der Waals surface area contributed by atoms with Crippen LogP contribution in [0, 0.1) is 0 Å². The summed E-state index contributed by atoms with van der Waals surface area (Å²) in [5, 5.41) is 0. The van der Waals surface area contributed by atoms with E-state index in [0.717, 1.165) is 49.3 Å². The van der Waals surface area contributed by atoms with Crippen LogP contribution in [-0.4, -0.2) is 9.55 Å². The van der Waals surface area contributed by atoms with Gasteiger partial charge in [0.05, 0.1) is 11.0 Å². The zero-order valence-electron chi connectivity index (χ0n) is 19.9. The number of hydrogen-bond donors (Lipinski definition) is 0. The minimum Gasteiger partial charge on any atom is -0.488 e. The molecule has 0 saturated heterocycles. The van der Waals surface area contributed by atoms with Crippen LogP contribution in [0.4, 0.5) is 0 Å². The first-order valence-electron chi connectivity index (χ1n) is 12.2. The molecule has 2 heterocycles. The van der Waals surface area contributed by atoms with E-state index in [1.165, 1.54) is 38.9 Å². The van der Waals surface area contributed by atoms with Gasteiger partial charge >= 0.3 is 0 Å². The number of ether oxygens (including phenoxy) is 1. The standard InChI is InChI=1S/C30H32N2O/c1-4-10-21(3)30-24-17-16-22(18-23(24)20-33-28-15-9-6-12-25(28)30)19-32-27-14-8-7-13-26(27)31-29(32)11-5-2/h6-9,12-18H,4-5,10-11,19-20H2,1-3H3/b30-21+. The summed E-state index contributed by atoms with van der Waals surface area (Å²) in [6.45, 7) is 8.15. The Bertz CT molecular complexity index is 1330. The normalized spacial score (nSPS) is 14.4. The Hall–Kier alpha value is -3.33. The summed E-state index contributed by atoms with van der Waals surface area (Å²) >= 11 is 0. The fraction of sp³-hybridized carbons (Fsp3) is 0.300. The number of aryl methyl sites for hydroxylation is 1. The summed E-state index contributed by atoms with van der Waals surface area (Å²) < 4.78 is 8.68. The lowest BCUT2D eigenvalue weighted by atomic mass is 9.88. The molecule has 5 rings (SSSR count). The molecule has 1 aliphatic rings. The third-order valence-electron chi connectivity index (χ3n) is 6.58. The molecule has 3 nitrogen and oxygen atoms in total. The van der Waals surface area contributed by atoms with Gasteiger partial charge in [-0.3, -0.25) is 0 Å². The van der Waals surface area contributed by atoms with E-state index in [9.17, 15) is 0 Å². The quantitative estimate of drug-likeness (QED) is 0.312. The van der Waals surface area contributed by atoms with E-state index in [-0.39, 0.29) is 0 Å². The van der Waals surface area contributed by atoms with Crippen LogP contribution in [0.5, 0.6) is 5.75 Å². The van der Waals surface area contributed by atoms with Gasteiger partial charge < -0.3 is 9.30 Å². The maximum absolute atomic E-state index is 6.30. The van der Waals surface area contributed by atoms with Crippen LogP contribution in [0.1, 0.15) is 68.1 Å². The van der Waals surface area contributed by atoms with Crippen molar-refractivity contribution < 1.29 is 4.74 Å². The van der Waals surface area contributed by atoms with Crippen LogP contribution >= 0.6 is 0 Å². The first kappa shape index (κ1) is 21.5. The lowest BCUT2D eigenvalue weighted by molar-refractivity contribution is 0.307. The SMILES string of the molecule is CCC/C(C)=C1\c2ccc(Cn3c(CCC)nc4ccccc43)cc2COc2ccccc21. The van der Waals surface area contributed by atoms with Gasteiger partial charge in [0, 0.05) is 18.5 Å². The summed E-state index contributed by atoms with van der Waals surface area (Å²) in [5.41, 5.74) is 10.1. The molecule has 4 aromatic rings. The van der Waals surface area contributed by atoms with E-state index in [2.05, 4.69) is 92.1 Å². The zero-order valence-corrected chi connectivity index (χ0v) is 19.9. The van der Waals surface area contributed by atoms with Gasteiger partial charge in [-0.05, 0) is 66.3 Å². The Morgan fingerprint density at radius 2 is 1.76 bits per heavy atom. The topological polar surface area (TPSA) is 27.1 Å². The van der Waals surface area contributed by atoms with Gasteiger partial charge in [0.25, 0.3) is 0 Å². The summed E-state index contributed by atoms with van der Waals surface area (Å²) in [6.07, 6.45) is 4.30. The molecule has 0 amide bonds. The minimum absolute atomic E-state index is 0.593. The number of hydrogen-bond acceptors (Lipinski definition) is 2. The Kier molecular flexibility index (Phi) is 6.04. The zero-order chi connectivity index (χ0) is 22.8. The van der Waals surface area contributed by atoms with Crippen molar-refractivity contribution in [1.82, 2.24) is 9.55 Å². The van der Waals surface area contributed by atoms with Crippen molar-refractivity contribution in [3.63, 3.8) is 0 Å². The smallest absolute Gasteiger partial charge is 0.127 e. The third kappa shape index (κ3) is 4.08. The van der Waals surface area contributed by atoms with Crippen molar-refractivity contribution in [2.45, 2.75) is 59.6 Å². The number of allylic oxidation sites excluding steroid dienone is 1. The number of imidazole rings is 1. The number of rotatable bonds is 6. The maximum Gasteiger partial charge on any atom is 0.127 e. The Morgan fingerprint density at radius 1 is 0.939 bits per heavy atom.